The van der Waals surface area contributed by atoms with Crippen molar-refractivity contribution in [1.29, 1.82) is 0 Å². The monoisotopic (exact) mass is 235 g/mol. The van der Waals surface area contributed by atoms with Crippen molar-refractivity contribution in [1.82, 2.24) is 9.97 Å². The molecule has 2 heterocycles. The molecule has 0 bridgehead atoms. The molecule has 0 atom stereocenters. The van der Waals surface area contributed by atoms with Gasteiger partial charge in [0.25, 0.3) is 0 Å². The van der Waals surface area contributed by atoms with E-state index in [1.54, 1.807) is 6.33 Å². The van der Waals surface area contributed by atoms with Crippen molar-refractivity contribution in [2.45, 2.75) is 26.7 Å². The number of carboxylic acid groups (broad SMARTS) is 1. The summed E-state index contributed by atoms with van der Waals surface area (Å²) in [6, 6.07) is 1.93. The van der Waals surface area contributed by atoms with Crippen molar-refractivity contribution < 1.29 is 9.90 Å². The van der Waals surface area contributed by atoms with Crippen LogP contribution in [0.3, 0.4) is 0 Å². The first kappa shape index (κ1) is 11.8. The number of carboxylic acids is 1. The Morgan fingerprint density at radius 1 is 1.41 bits per heavy atom. The molecule has 0 radical (unpaired) electrons. The SMILES string of the molecule is Cc1cc(N2CCC(C)(C(=O)O)CC2)ncn1. The summed E-state index contributed by atoms with van der Waals surface area (Å²) in [5, 5.41) is 9.15. The molecule has 2 rings (SSSR count). The number of aliphatic carboxylic acids is 1. The minimum atomic E-state index is -0.698. The molecule has 5 nitrogen and oxygen atoms in total. The highest BCUT2D eigenvalue weighted by Crippen LogP contribution is 2.32. The van der Waals surface area contributed by atoms with Gasteiger partial charge in [-0.1, -0.05) is 0 Å². The molecule has 0 aliphatic carbocycles. The number of anilines is 1. The quantitative estimate of drug-likeness (QED) is 0.841. The lowest BCUT2D eigenvalue weighted by molar-refractivity contribution is -0.149. The van der Waals surface area contributed by atoms with Crippen molar-refractivity contribution >= 4 is 11.8 Å². The van der Waals surface area contributed by atoms with Crippen LogP contribution in [-0.4, -0.2) is 34.1 Å². The number of hydrogen-bond donors (Lipinski definition) is 1. The second kappa shape index (κ2) is 4.31. The molecule has 5 heteroatoms. The molecule has 17 heavy (non-hydrogen) atoms. The molecule has 1 aliphatic heterocycles. The van der Waals surface area contributed by atoms with Gasteiger partial charge in [0.15, 0.2) is 0 Å². The molecule has 1 fully saturated rings. The normalized spacial score (nSPS) is 19.1. The summed E-state index contributed by atoms with van der Waals surface area (Å²) in [5.41, 5.74) is 0.347. The molecule has 92 valence electrons. The predicted octanol–water partition coefficient (Wildman–Crippen LogP) is 1.48. The van der Waals surface area contributed by atoms with E-state index in [2.05, 4.69) is 14.9 Å². The van der Waals surface area contributed by atoms with Gasteiger partial charge >= 0.3 is 5.97 Å². The Hall–Kier alpha value is -1.65. The molecule has 0 aromatic carbocycles. The lowest BCUT2D eigenvalue weighted by Crippen LogP contribution is -2.43. The molecular weight excluding hydrogens is 218 g/mol. The van der Waals surface area contributed by atoms with Crippen LogP contribution in [0.1, 0.15) is 25.5 Å². The van der Waals surface area contributed by atoms with E-state index in [0.29, 0.717) is 12.8 Å². The smallest absolute Gasteiger partial charge is 0.309 e. The van der Waals surface area contributed by atoms with Gasteiger partial charge in [0.1, 0.15) is 12.1 Å². The highest BCUT2D eigenvalue weighted by molar-refractivity contribution is 5.74. The number of aryl methyl sites for hydroxylation is 1. The fourth-order valence-electron chi connectivity index (χ4n) is 2.06. The van der Waals surface area contributed by atoms with Gasteiger partial charge in [0, 0.05) is 24.8 Å². The van der Waals surface area contributed by atoms with Crippen LogP contribution in [-0.2, 0) is 4.79 Å². The second-order valence-corrected chi connectivity index (χ2v) is 4.87. The average Bonchev–Trinajstić information content (AvgIpc) is 2.30. The highest BCUT2D eigenvalue weighted by Gasteiger charge is 2.37. The van der Waals surface area contributed by atoms with Crippen molar-refractivity contribution in [2.75, 3.05) is 18.0 Å². The van der Waals surface area contributed by atoms with Gasteiger partial charge in [-0.15, -0.1) is 0 Å². The summed E-state index contributed by atoms with van der Waals surface area (Å²) >= 11 is 0. The number of rotatable bonds is 2. The fourth-order valence-corrected chi connectivity index (χ4v) is 2.06. The number of nitrogens with zero attached hydrogens (tertiary/aromatic N) is 3. The van der Waals surface area contributed by atoms with Crippen molar-refractivity contribution in [3.05, 3.63) is 18.1 Å². The van der Waals surface area contributed by atoms with Crippen LogP contribution < -0.4 is 4.90 Å². The zero-order valence-corrected chi connectivity index (χ0v) is 10.2. The van der Waals surface area contributed by atoms with Crippen LogP contribution in [0.4, 0.5) is 5.82 Å². The molecule has 0 unspecified atom stereocenters. The first-order valence-corrected chi connectivity index (χ1v) is 5.78. The fraction of sp³-hybridized carbons (Fsp3) is 0.583. The van der Waals surface area contributed by atoms with Crippen molar-refractivity contribution in [3.63, 3.8) is 0 Å². The first-order valence-electron chi connectivity index (χ1n) is 5.78. The Bertz CT molecular complexity index is 426. The Kier molecular flexibility index (Phi) is 3.00. The summed E-state index contributed by atoms with van der Waals surface area (Å²) in [5.74, 6) is 0.195. The molecular formula is C12H17N3O2. The third kappa shape index (κ3) is 2.38. The van der Waals surface area contributed by atoms with Crippen LogP contribution in [0.2, 0.25) is 0 Å². The zero-order chi connectivity index (χ0) is 12.5. The zero-order valence-electron chi connectivity index (χ0n) is 10.2. The summed E-state index contributed by atoms with van der Waals surface area (Å²) in [4.78, 5) is 21.5. The largest absolute Gasteiger partial charge is 0.481 e. The van der Waals surface area contributed by atoms with E-state index in [0.717, 1.165) is 24.6 Å². The van der Waals surface area contributed by atoms with Gasteiger partial charge in [-0.25, -0.2) is 9.97 Å². The van der Waals surface area contributed by atoms with Gasteiger partial charge in [-0.3, -0.25) is 4.79 Å². The molecule has 0 saturated carbocycles. The van der Waals surface area contributed by atoms with E-state index >= 15 is 0 Å². The van der Waals surface area contributed by atoms with Crippen LogP contribution in [0.5, 0.6) is 0 Å². The molecule has 0 spiro atoms. The molecule has 1 aromatic heterocycles. The van der Waals surface area contributed by atoms with Gasteiger partial charge in [0.05, 0.1) is 5.41 Å². The highest BCUT2D eigenvalue weighted by atomic mass is 16.4. The van der Waals surface area contributed by atoms with E-state index in [4.69, 9.17) is 5.11 Å². The summed E-state index contributed by atoms with van der Waals surface area (Å²) in [6.07, 6.45) is 2.87. The van der Waals surface area contributed by atoms with E-state index in [9.17, 15) is 4.79 Å². The molecule has 1 saturated heterocycles. The van der Waals surface area contributed by atoms with Crippen LogP contribution in [0, 0.1) is 12.3 Å². The van der Waals surface area contributed by atoms with E-state index in [1.165, 1.54) is 0 Å². The van der Waals surface area contributed by atoms with E-state index in [-0.39, 0.29) is 0 Å². The second-order valence-electron chi connectivity index (χ2n) is 4.87. The summed E-state index contributed by atoms with van der Waals surface area (Å²) in [6.45, 7) is 5.22. The van der Waals surface area contributed by atoms with Gasteiger partial charge in [-0.2, -0.15) is 0 Å². The van der Waals surface area contributed by atoms with Crippen LogP contribution in [0.25, 0.3) is 0 Å². The standard InChI is InChI=1S/C12H17N3O2/c1-9-7-10(14-8-13-9)15-5-3-12(2,4-6-15)11(16)17/h7-8H,3-6H2,1-2H3,(H,16,17). The Morgan fingerprint density at radius 2 is 2.06 bits per heavy atom. The minimum Gasteiger partial charge on any atom is -0.481 e. The number of hydrogen-bond acceptors (Lipinski definition) is 4. The number of piperidine rings is 1. The summed E-state index contributed by atoms with van der Waals surface area (Å²) in [7, 11) is 0. The maximum Gasteiger partial charge on any atom is 0.309 e. The number of carbonyl (C=O) groups is 1. The molecule has 1 aromatic rings. The maximum absolute atomic E-state index is 11.1. The minimum absolute atomic E-state index is 0.585. The molecule has 1 aliphatic rings. The molecule has 0 amide bonds. The van der Waals surface area contributed by atoms with Crippen LogP contribution >= 0.6 is 0 Å². The number of aromatic nitrogens is 2. The van der Waals surface area contributed by atoms with E-state index in [1.807, 2.05) is 19.9 Å². The van der Waals surface area contributed by atoms with Gasteiger partial charge in [0.2, 0.25) is 0 Å². The third-order valence-electron chi connectivity index (χ3n) is 3.50. The predicted molar refractivity (Wildman–Crippen MR) is 64.0 cm³/mol. The first-order chi connectivity index (χ1) is 8.01. The third-order valence-corrected chi connectivity index (χ3v) is 3.50. The van der Waals surface area contributed by atoms with Crippen LogP contribution in [0.15, 0.2) is 12.4 Å². The Morgan fingerprint density at radius 3 is 2.59 bits per heavy atom. The summed E-state index contributed by atoms with van der Waals surface area (Å²) < 4.78 is 0. The average molecular weight is 235 g/mol. The Balaban J connectivity index is 2.07. The lowest BCUT2D eigenvalue weighted by Gasteiger charge is -2.37. The lowest BCUT2D eigenvalue weighted by atomic mass is 9.80. The maximum atomic E-state index is 11.1. The van der Waals surface area contributed by atoms with E-state index < -0.39 is 11.4 Å². The van der Waals surface area contributed by atoms with Crippen molar-refractivity contribution in [3.8, 4) is 0 Å². The molecule has 1 N–H and O–H groups in total. The van der Waals surface area contributed by atoms with Gasteiger partial charge < -0.3 is 10.0 Å². The van der Waals surface area contributed by atoms with Crippen molar-refractivity contribution in [2.24, 2.45) is 5.41 Å². The Labute approximate surface area is 100 Å². The van der Waals surface area contributed by atoms with Gasteiger partial charge in [-0.05, 0) is 26.7 Å². The topological polar surface area (TPSA) is 66.3 Å².